The third-order valence-corrected chi connectivity index (χ3v) is 4.06. The first-order valence-electron chi connectivity index (χ1n) is 6.48. The molecule has 1 aromatic rings. The van der Waals surface area contributed by atoms with Crippen LogP contribution in [0.25, 0.3) is 0 Å². The standard InChI is InChI=1S/C14H19N3/c15-17-13-12-7-3-2-6-11(12)10-14(16-13)8-4-1-5-9-14/h2-3,6-7H,1,4-5,8-10,15H2,(H,16,17). The highest BCUT2D eigenvalue weighted by molar-refractivity contribution is 6.00. The van der Waals surface area contributed by atoms with Gasteiger partial charge in [0, 0.05) is 5.56 Å². The van der Waals surface area contributed by atoms with E-state index in [-0.39, 0.29) is 5.54 Å². The van der Waals surface area contributed by atoms with Gasteiger partial charge < -0.3 is 5.43 Å². The number of hydrogen-bond acceptors (Lipinski definition) is 3. The number of benzene rings is 1. The van der Waals surface area contributed by atoms with Gasteiger partial charge in [0.25, 0.3) is 0 Å². The van der Waals surface area contributed by atoms with E-state index in [1.54, 1.807) is 0 Å². The molecule has 0 atom stereocenters. The van der Waals surface area contributed by atoms with Gasteiger partial charge >= 0.3 is 0 Å². The molecule has 0 bridgehead atoms. The van der Waals surface area contributed by atoms with Crippen molar-refractivity contribution in [2.75, 3.05) is 0 Å². The molecule has 3 N–H and O–H groups in total. The lowest BCUT2D eigenvalue weighted by molar-refractivity contribution is 0.293. The molecule has 0 unspecified atom stereocenters. The van der Waals surface area contributed by atoms with E-state index in [0.29, 0.717) is 0 Å². The van der Waals surface area contributed by atoms with Crippen LogP contribution in [0.5, 0.6) is 0 Å². The van der Waals surface area contributed by atoms with Crippen LogP contribution in [0.1, 0.15) is 43.2 Å². The van der Waals surface area contributed by atoms with Crippen molar-refractivity contribution in [1.82, 2.24) is 5.43 Å². The summed E-state index contributed by atoms with van der Waals surface area (Å²) in [4.78, 5) is 4.91. The molecule has 1 fully saturated rings. The van der Waals surface area contributed by atoms with Gasteiger partial charge in [-0.3, -0.25) is 4.99 Å². The number of nitrogens with two attached hydrogens (primary N) is 1. The molecule has 0 aromatic heterocycles. The van der Waals surface area contributed by atoms with E-state index in [4.69, 9.17) is 10.8 Å². The maximum atomic E-state index is 5.63. The van der Waals surface area contributed by atoms with E-state index in [1.807, 2.05) is 6.07 Å². The molecule has 3 nitrogen and oxygen atoms in total. The third kappa shape index (κ3) is 1.84. The zero-order valence-corrected chi connectivity index (χ0v) is 10.1. The molecule has 1 heterocycles. The monoisotopic (exact) mass is 229 g/mol. The van der Waals surface area contributed by atoms with Gasteiger partial charge in [-0.05, 0) is 24.8 Å². The molecule has 0 saturated heterocycles. The summed E-state index contributed by atoms with van der Waals surface area (Å²) in [5.41, 5.74) is 5.46. The maximum absolute atomic E-state index is 5.63. The molecule has 1 aliphatic carbocycles. The third-order valence-electron chi connectivity index (χ3n) is 4.06. The summed E-state index contributed by atoms with van der Waals surface area (Å²) in [6.45, 7) is 0. The number of hydrogen-bond donors (Lipinski definition) is 2. The van der Waals surface area contributed by atoms with Crippen molar-refractivity contribution in [1.29, 1.82) is 0 Å². The summed E-state index contributed by atoms with van der Waals surface area (Å²) in [5.74, 6) is 6.50. The molecule has 1 aliphatic heterocycles. The Morgan fingerprint density at radius 1 is 1.12 bits per heavy atom. The molecule has 1 spiro atoms. The minimum Gasteiger partial charge on any atom is -0.308 e. The van der Waals surface area contributed by atoms with Crippen molar-refractivity contribution in [3.63, 3.8) is 0 Å². The van der Waals surface area contributed by atoms with Crippen LogP contribution in [0, 0.1) is 0 Å². The van der Waals surface area contributed by atoms with Gasteiger partial charge in [-0.15, -0.1) is 0 Å². The maximum Gasteiger partial charge on any atom is 0.143 e. The summed E-state index contributed by atoms with van der Waals surface area (Å²) >= 11 is 0. The topological polar surface area (TPSA) is 50.4 Å². The second-order valence-electron chi connectivity index (χ2n) is 5.22. The van der Waals surface area contributed by atoms with Gasteiger partial charge in [0.1, 0.15) is 5.84 Å². The van der Waals surface area contributed by atoms with Gasteiger partial charge in [0.05, 0.1) is 5.54 Å². The average Bonchev–Trinajstić information content (AvgIpc) is 2.38. The number of nitrogens with zero attached hydrogens (tertiary/aromatic N) is 1. The van der Waals surface area contributed by atoms with E-state index in [2.05, 4.69) is 23.6 Å². The van der Waals surface area contributed by atoms with Crippen molar-refractivity contribution in [3.05, 3.63) is 35.4 Å². The van der Waals surface area contributed by atoms with Gasteiger partial charge in [0.15, 0.2) is 0 Å². The van der Waals surface area contributed by atoms with Gasteiger partial charge in [0.2, 0.25) is 0 Å². The minimum absolute atomic E-state index is 0.119. The Morgan fingerprint density at radius 2 is 1.88 bits per heavy atom. The van der Waals surface area contributed by atoms with E-state index in [9.17, 15) is 0 Å². The zero-order chi connectivity index (χ0) is 11.7. The molecule has 3 rings (SSSR count). The van der Waals surface area contributed by atoms with Crippen LogP contribution < -0.4 is 11.3 Å². The number of hydrazine groups is 1. The SMILES string of the molecule is NNC1=NC2(CCCCC2)Cc2ccccc21. The Kier molecular flexibility index (Phi) is 2.63. The molecule has 3 heteroatoms. The van der Waals surface area contributed by atoms with Crippen molar-refractivity contribution in [3.8, 4) is 0 Å². The van der Waals surface area contributed by atoms with Gasteiger partial charge in [-0.2, -0.15) is 0 Å². The van der Waals surface area contributed by atoms with Crippen LogP contribution in [0.4, 0.5) is 0 Å². The number of amidine groups is 1. The Morgan fingerprint density at radius 3 is 2.65 bits per heavy atom. The smallest absolute Gasteiger partial charge is 0.143 e. The van der Waals surface area contributed by atoms with E-state index in [0.717, 1.165) is 12.3 Å². The van der Waals surface area contributed by atoms with Crippen LogP contribution in [-0.4, -0.2) is 11.4 Å². The molecule has 17 heavy (non-hydrogen) atoms. The Labute approximate surface area is 102 Å². The number of aliphatic imine (C=N–C) groups is 1. The van der Waals surface area contributed by atoms with Crippen molar-refractivity contribution >= 4 is 5.84 Å². The highest BCUT2D eigenvalue weighted by atomic mass is 15.3. The first kappa shape index (κ1) is 10.8. The minimum atomic E-state index is 0.119. The quantitative estimate of drug-likeness (QED) is 0.529. The first-order valence-corrected chi connectivity index (χ1v) is 6.48. The molecule has 1 saturated carbocycles. The van der Waals surface area contributed by atoms with E-state index in [1.165, 1.54) is 43.2 Å². The summed E-state index contributed by atoms with van der Waals surface area (Å²) in [6.07, 6.45) is 7.42. The van der Waals surface area contributed by atoms with Gasteiger partial charge in [-0.1, -0.05) is 43.5 Å². The predicted octanol–water partition coefficient (Wildman–Crippen LogP) is 2.16. The van der Waals surface area contributed by atoms with Crippen molar-refractivity contribution in [2.24, 2.45) is 10.8 Å². The normalized spacial score (nSPS) is 21.8. The highest BCUT2D eigenvalue weighted by Crippen LogP contribution is 2.38. The lowest BCUT2D eigenvalue weighted by Gasteiger charge is -2.38. The number of fused-ring (bicyclic) bond motifs is 1. The largest absolute Gasteiger partial charge is 0.308 e. The van der Waals surface area contributed by atoms with Crippen molar-refractivity contribution < 1.29 is 0 Å². The zero-order valence-electron chi connectivity index (χ0n) is 10.1. The summed E-state index contributed by atoms with van der Waals surface area (Å²) in [6, 6.07) is 8.46. The van der Waals surface area contributed by atoms with Crippen LogP contribution in [-0.2, 0) is 6.42 Å². The van der Waals surface area contributed by atoms with Crippen LogP contribution >= 0.6 is 0 Å². The Hall–Kier alpha value is -1.35. The molecule has 1 aromatic carbocycles. The second kappa shape index (κ2) is 4.15. The molecule has 90 valence electrons. The lowest BCUT2D eigenvalue weighted by atomic mass is 9.75. The van der Waals surface area contributed by atoms with Crippen LogP contribution in [0.2, 0.25) is 0 Å². The van der Waals surface area contributed by atoms with Crippen molar-refractivity contribution in [2.45, 2.75) is 44.1 Å². The van der Waals surface area contributed by atoms with E-state index < -0.39 is 0 Å². The first-order chi connectivity index (χ1) is 8.33. The lowest BCUT2D eigenvalue weighted by Crippen LogP contribution is -2.43. The van der Waals surface area contributed by atoms with E-state index >= 15 is 0 Å². The Balaban J connectivity index is 2.03. The van der Waals surface area contributed by atoms with Crippen LogP contribution in [0.15, 0.2) is 29.3 Å². The molecular formula is C14H19N3. The molecule has 2 aliphatic rings. The fraction of sp³-hybridized carbons (Fsp3) is 0.500. The second-order valence-corrected chi connectivity index (χ2v) is 5.22. The number of rotatable bonds is 0. The Bertz CT molecular complexity index is 445. The predicted molar refractivity (Wildman–Crippen MR) is 69.8 cm³/mol. The summed E-state index contributed by atoms with van der Waals surface area (Å²) < 4.78 is 0. The average molecular weight is 229 g/mol. The van der Waals surface area contributed by atoms with Gasteiger partial charge in [-0.25, -0.2) is 5.84 Å². The van der Waals surface area contributed by atoms with Crippen LogP contribution in [0.3, 0.4) is 0 Å². The number of nitrogens with one attached hydrogen (secondary N) is 1. The highest BCUT2D eigenvalue weighted by Gasteiger charge is 2.36. The summed E-state index contributed by atoms with van der Waals surface area (Å²) in [5, 5.41) is 0. The molecule has 0 amide bonds. The summed E-state index contributed by atoms with van der Waals surface area (Å²) in [7, 11) is 0. The fourth-order valence-corrected chi connectivity index (χ4v) is 3.21. The molecular weight excluding hydrogens is 210 g/mol. The molecule has 0 radical (unpaired) electrons. The fourth-order valence-electron chi connectivity index (χ4n) is 3.21.